The largest absolute Gasteiger partial charge is 0.394 e. The molecule has 21 heavy (non-hydrogen) atoms. The normalized spacial score (nSPS) is 11.7. The van der Waals surface area contributed by atoms with Crippen molar-refractivity contribution < 1.29 is 14.7 Å². The molecule has 2 rings (SSSR count). The third-order valence-electron chi connectivity index (χ3n) is 2.86. The number of nitrogens with one attached hydrogen (secondary N) is 2. The van der Waals surface area contributed by atoms with Gasteiger partial charge >= 0.3 is 0 Å². The summed E-state index contributed by atoms with van der Waals surface area (Å²) >= 11 is 1.28. The van der Waals surface area contributed by atoms with Gasteiger partial charge in [-0.15, -0.1) is 11.3 Å². The quantitative estimate of drug-likeness (QED) is 0.749. The molecule has 1 unspecified atom stereocenters. The summed E-state index contributed by atoms with van der Waals surface area (Å²) in [4.78, 5) is 24.3. The van der Waals surface area contributed by atoms with E-state index in [4.69, 9.17) is 0 Å². The molecule has 0 aliphatic carbocycles. The van der Waals surface area contributed by atoms with Crippen LogP contribution in [0.3, 0.4) is 0 Å². The SMILES string of the molecule is O=C(NC(CO)C(=O)NCc1ccccc1)c1cccs1. The monoisotopic (exact) mass is 304 g/mol. The zero-order chi connectivity index (χ0) is 15.1. The Morgan fingerprint density at radius 1 is 1.14 bits per heavy atom. The lowest BCUT2D eigenvalue weighted by atomic mass is 10.2. The molecule has 2 aromatic rings. The molecule has 1 atom stereocenters. The number of hydrogen-bond acceptors (Lipinski definition) is 4. The molecule has 0 saturated carbocycles. The first kappa shape index (κ1) is 15.2. The number of aliphatic hydroxyl groups excluding tert-OH is 1. The predicted octanol–water partition coefficient (Wildman–Crippen LogP) is 1.16. The van der Waals surface area contributed by atoms with Crippen LogP contribution >= 0.6 is 11.3 Å². The maximum absolute atomic E-state index is 12.0. The highest BCUT2D eigenvalue weighted by Crippen LogP contribution is 2.08. The molecular weight excluding hydrogens is 288 g/mol. The molecule has 1 aromatic carbocycles. The van der Waals surface area contributed by atoms with Gasteiger partial charge in [0.1, 0.15) is 6.04 Å². The summed E-state index contributed by atoms with van der Waals surface area (Å²) < 4.78 is 0. The van der Waals surface area contributed by atoms with Crippen molar-refractivity contribution in [2.24, 2.45) is 0 Å². The second kappa shape index (κ2) is 7.56. The lowest BCUT2D eigenvalue weighted by Crippen LogP contribution is -2.48. The molecular formula is C15H16N2O3S. The van der Waals surface area contributed by atoms with Gasteiger partial charge in [-0.1, -0.05) is 36.4 Å². The van der Waals surface area contributed by atoms with E-state index >= 15 is 0 Å². The van der Waals surface area contributed by atoms with Gasteiger partial charge in [0.25, 0.3) is 5.91 Å². The maximum Gasteiger partial charge on any atom is 0.262 e. The summed E-state index contributed by atoms with van der Waals surface area (Å²) in [5.41, 5.74) is 0.951. The minimum atomic E-state index is -0.955. The second-order valence-electron chi connectivity index (χ2n) is 4.39. The summed E-state index contributed by atoms with van der Waals surface area (Å²) in [5, 5.41) is 16.2. The highest BCUT2D eigenvalue weighted by molar-refractivity contribution is 7.12. The van der Waals surface area contributed by atoms with Gasteiger partial charge in [-0.05, 0) is 17.0 Å². The first-order valence-corrected chi connectivity index (χ1v) is 7.35. The van der Waals surface area contributed by atoms with Gasteiger partial charge in [-0.25, -0.2) is 0 Å². The van der Waals surface area contributed by atoms with E-state index in [0.29, 0.717) is 11.4 Å². The fraction of sp³-hybridized carbons (Fsp3) is 0.200. The van der Waals surface area contributed by atoms with Gasteiger partial charge < -0.3 is 15.7 Å². The Balaban J connectivity index is 1.88. The van der Waals surface area contributed by atoms with Gasteiger partial charge in [0, 0.05) is 6.54 Å². The van der Waals surface area contributed by atoms with Crippen LogP contribution in [0.2, 0.25) is 0 Å². The summed E-state index contributed by atoms with van der Waals surface area (Å²) in [7, 11) is 0. The summed E-state index contributed by atoms with van der Waals surface area (Å²) in [6, 6.07) is 11.9. The van der Waals surface area contributed by atoms with E-state index in [1.807, 2.05) is 30.3 Å². The van der Waals surface area contributed by atoms with Crippen LogP contribution in [0.15, 0.2) is 47.8 Å². The summed E-state index contributed by atoms with van der Waals surface area (Å²) in [6.07, 6.45) is 0. The van der Waals surface area contributed by atoms with Crippen LogP contribution in [0.25, 0.3) is 0 Å². The van der Waals surface area contributed by atoms with Crippen LogP contribution in [0.4, 0.5) is 0 Å². The van der Waals surface area contributed by atoms with Crippen molar-refractivity contribution in [3.8, 4) is 0 Å². The van der Waals surface area contributed by atoms with E-state index in [9.17, 15) is 14.7 Å². The van der Waals surface area contributed by atoms with E-state index < -0.39 is 18.6 Å². The molecule has 0 bridgehead atoms. The number of thiophene rings is 1. The number of carbonyl (C=O) groups excluding carboxylic acids is 2. The van der Waals surface area contributed by atoms with E-state index in [0.717, 1.165) is 5.56 Å². The van der Waals surface area contributed by atoms with Crippen LogP contribution < -0.4 is 10.6 Å². The molecule has 6 heteroatoms. The van der Waals surface area contributed by atoms with Crippen LogP contribution in [0.1, 0.15) is 15.2 Å². The Hall–Kier alpha value is -2.18. The molecule has 3 N–H and O–H groups in total. The zero-order valence-corrected chi connectivity index (χ0v) is 12.1. The number of rotatable bonds is 6. The Morgan fingerprint density at radius 2 is 1.90 bits per heavy atom. The van der Waals surface area contributed by atoms with Crippen molar-refractivity contribution in [1.29, 1.82) is 0 Å². The Morgan fingerprint density at radius 3 is 2.52 bits per heavy atom. The number of amides is 2. The van der Waals surface area contributed by atoms with E-state index in [1.165, 1.54) is 11.3 Å². The third-order valence-corrected chi connectivity index (χ3v) is 3.73. The van der Waals surface area contributed by atoms with Gasteiger partial charge in [0.15, 0.2) is 0 Å². The maximum atomic E-state index is 12.0. The van der Waals surface area contributed by atoms with Gasteiger partial charge in [-0.3, -0.25) is 9.59 Å². The predicted molar refractivity (Wildman–Crippen MR) is 80.9 cm³/mol. The minimum absolute atomic E-state index is 0.352. The van der Waals surface area contributed by atoms with Crippen LogP contribution in [-0.2, 0) is 11.3 Å². The standard InChI is InChI=1S/C15H16N2O3S/c18-10-12(17-15(20)13-7-4-8-21-13)14(19)16-9-11-5-2-1-3-6-11/h1-8,12,18H,9-10H2,(H,16,19)(H,17,20). The van der Waals surface area contributed by atoms with E-state index in [2.05, 4.69) is 10.6 Å². The molecule has 0 spiro atoms. The van der Waals surface area contributed by atoms with Crippen LogP contribution in [-0.4, -0.2) is 29.6 Å². The first-order chi connectivity index (χ1) is 10.2. The lowest BCUT2D eigenvalue weighted by Gasteiger charge is -2.15. The Bertz CT molecular complexity index is 584. The number of benzene rings is 1. The third kappa shape index (κ3) is 4.40. The van der Waals surface area contributed by atoms with E-state index in [-0.39, 0.29) is 5.91 Å². The molecule has 0 aliphatic rings. The average molecular weight is 304 g/mol. The van der Waals surface area contributed by atoms with Crippen molar-refractivity contribution in [2.45, 2.75) is 12.6 Å². The zero-order valence-electron chi connectivity index (χ0n) is 11.3. The smallest absolute Gasteiger partial charge is 0.262 e. The fourth-order valence-corrected chi connectivity index (χ4v) is 2.37. The van der Waals surface area contributed by atoms with Crippen LogP contribution in [0.5, 0.6) is 0 Å². The van der Waals surface area contributed by atoms with Crippen LogP contribution in [0, 0.1) is 0 Å². The molecule has 0 saturated heterocycles. The number of carbonyl (C=O) groups is 2. The van der Waals surface area contributed by atoms with Crippen molar-refractivity contribution in [2.75, 3.05) is 6.61 Å². The van der Waals surface area contributed by atoms with Gasteiger partial charge in [0.05, 0.1) is 11.5 Å². The second-order valence-corrected chi connectivity index (χ2v) is 5.34. The molecule has 1 aromatic heterocycles. The molecule has 5 nitrogen and oxygen atoms in total. The van der Waals surface area contributed by atoms with E-state index in [1.54, 1.807) is 17.5 Å². The molecule has 110 valence electrons. The summed E-state index contributed by atoms with van der Waals surface area (Å²) in [5.74, 6) is -0.773. The summed E-state index contributed by atoms with van der Waals surface area (Å²) in [6.45, 7) is -0.0945. The highest BCUT2D eigenvalue weighted by atomic mass is 32.1. The fourth-order valence-electron chi connectivity index (χ4n) is 1.74. The van der Waals surface area contributed by atoms with Gasteiger partial charge in [0.2, 0.25) is 5.91 Å². The van der Waals surface area contributed by atoms with Crippen molar-refractivity contribution in [3.05, 3.63) is 58.3 Å². The minimum Gasteiger partial charge on any atom is -0.394 e. The Labute approximate surface area is 126 Å². The molecule has 0 aliphatic heterocycles. The van der Waals surface area contributed by atoms with Crippen molar-refractivity contribution in [1.82, 2.24) is 10.6 Å². The Kier molecular flexibility index (Phi) is 5.48. The molecule has 0 radical (unpaired) electrons. The number of hydrogen-bond donors (Lipinski definition) is 3. The lowest BCUT2D eigenvalue weighted by molar-refractivity contribution is -0.124. The molecule has 2 amide bonds. The molecule has 0 fully saturated rings. The number of aliphatic hydroxyl groups is 1. The highest BCUT2D eigenvalue weighted by Gasteiger charge is 2.20. The first-order valence-electron chi connectivity index (χ1n) is 6.47. The topological polar surface area (TPSA) is 78.4 Å². The van der Waals surface area contributed by atoms with Crippen molar-refractivity contribution in [3.63, 3.8) is 0 Å². The average Bonchev–Trinajstić information content (AvgIpc) is 3.05. The van der Waals surface area contributed by atoms with Crippen molar-refractivity contribution >= 4 is 23.2 Å². The molecule has 1 heterocycles. The van der Waals surface area contributed by atoms with Gasteiger partial charge in [-0.2, -0.15) is 0 Å².